The maximum Gasteiger partial charge on any atom is 0.116 e. The Morgan fingerprint density at radius 1 is 1.55 bits per heavy atom. The topological polar surface area (TPSA) is 25.8 Å². The molecule has 0 spiro atoms. The van der Waals surface area contributed by atoms with E-state index in [0.29, 0.717) is 5.92 Å². The minimum absolute atomic E-state index is 0.522. The molecule has 0 radical (unpaired) electrons. The summed E-state index contributed by atoms with van der Waals surface area (Å²) in [4.78, 5) is 8.13. The Balaban J connectivity index is 2.86. The van der Waals surface area contributed by atoms with Crippen LogP contribution >= 0.6 is 15.9 Å². The molecule has 0 N–H and O–H groups in total. The van der Waals surface area contributed by atoms with Crippen LogP contribution in [0.3, 0.4) is 0 Å². The van der Waals surface area contributed by atoms with Crippen LogP contribution in [0.2, 0.25) is 0 Å². The fourth-order valence-electron chi connectivity index (χ4n) is 0.826. The molecular formula is C8H11BrN2. The van der Waals surface area contributed by atoms with Gasteiger partial charge in [-0.15, -0.1) is 0 Å². The first kappa shape index (κ1) is 8.65. The Labute approximate surface area is 75.2 Å². The summed E-state index contributed by atoms with van der Waals surface area (Å²) in [6.45, 7) is 4.31. The van der Waals surface area contributed by atoms with Crippen molar-refractivity contribution < 1.29 is 0 Å². The second-order valence-corrected chi connectivity index (χ2v) is 3.39. The highest BCUT2D eigenvalue weighted by molar-refractivity contribution is 9.10. The van der Waals surface area contributed by atoms with Crippen molar-refractivity contribution in [1.82, 2.24) is 9.97 Å². The molecule has 0 unspecified atom stereocenters. The first-order chi connectivity index (χ1) is 5.24. The Morgan fingerprint density at radius 3 is 2.82 bits per heavy atom. The van der Waals surface area contributed by atoms with Crippen LogP contribution in [-0.2, 0) is 0 Å². The summed E-state index contributed by atoms with van der Waals surface area (Å²) in [7, 11) is 0. The minimum Gasteiger partial charge on any atom is -0.241 e. The summed E-state index contributed by atoms with van der Waals surface area (Å²) in [5.41, 5.74) is 1.11. The van der Waals surface area contributed by atoms with Gasteiger partial charge in [-0.1, -0.05) is 13.8 Å². The number of halogens is 1. The number of hydrogen-bond donors (Lipinski definition) is 0. The fourth-order valence-corrected chi connectivity index (χ4v) is 1.15. The Kier molecular flexibility index (Phi) is 3.00. The molecule has 1 aromatic heterocycles. The summed E-state index contributed by atoms with van der Waals surface area (Å²) in [5, 5.41) is 0. The standard InChI is InChI=1S/C8H11BrN2/c1-3-6(2)7-4-8(9)11-5-10-7/h4-6H,3H2,1-2H3/t6-/m1/s1. The van der Waals surface area contributed by atoms with Crippen molar-refractivity contribution in [2.45, 2.75) is 26.2 Å². The van der Waals surface area contributed by atoms with E-state index in [4.69, 9.17) is 0 Å². The quantitative estimate of drug-likeness (QED) is 0.709. The molecule has 1 heterocycles. The summed E-state index contributed by atoms with van der Waals surface area (Å²) < 4.78 is 0.864. The maximum atomic E-state index is 4.17. The normalized spacial score (nSPS) is 13.0. The third kappa shape index (κ3) is 2.26. The fraction of sp³-hybridized carbons (Fsp3) is 0.500. The monoisotopic (exact) mass is 214 g/mol. The van der Waals surface area contributed by atoms with Gasteiger partial charge in [-0.3, -0.25) is 0 Å². The van der Waals surface area contributed by atoms with Gasteiger partial charge in [0.2, 0.25) is 0 Å². The number of rotatable bonds is 2. The molecule has 1 atom stereocenters. The van der Waals surface area contributed by atoms with Gasteiger partial charge in [0.05, 0.1) is 0 Å². The van der Waals surface area contributed by atoms with Gasteiger partial charge < -0.3 is 0 Å². The van der Waals surface area contributed by atoms with E-state index in [-0.39, 0.29) is 0 Å². The van der Waals surface area contributed by atoms with Gasteiger partial charge in [-0.2, -0.15) is 0 Å². The van der Waals surface area contributed by atoms with Crippen molar-refractivity contribution in [3.63, 3.8) is 0 Å². The molecule has 0 fully saturated rings. The second kappa shape index (κ2) is 3.81. The molecule has 0 aliphatic rings. The molecule has 0 saturated heterocycles. The predicted octanol–water partition coefficient (Wildman–Crippen LogP) is 2.75. The smallest absolute Gasteiger partial charge is 0.116 e. The zero-order valence-corrected chi connectivity index (χ0v) is 8.30. The first-order valence-electron chi connectivity index (χ1n) is 3.71. The van der Waals surface area contributed by atoms with Crippen LogP contribution in [0, 0.1) is 0 Å². The van der Waals surface area contributed by atoms with Crippen molar-refractivity contribution in [1.29, 1.82) is 0 Å². The van der Waals surface area contributed by atoms with Crippen LogP contribution in [0.1, 0.15) is 31.9 Å². The van der Waals surface area contributed by atoms with Gasteiger partial charge in [0.1, 0.15) is 10.9 Å². The lowest BCUT2D eigenvalue weighted by atomic mass is 10.1. The van der Waals surface area contributed by atoms with Crippen molar-refractivity contribution in [2.75, 3.05) is 0 Å². The molecule has 0 aromatic carbocycles. The van der Waals surface area contributed by atoms with Gasteiger partial charge in [-0.25, -0.2) is 9.97 Å². The highest BCUT2D eigenvalue weighted by atomic mass is 79.9. The van der Waals surface area contributed by atoms with E-state index in [9.17, 15) is 0 Å². The van der Waals surface area contributed by atoms with Crippen molar-refractivity contribution in [3.05, 3.63) is 22.7 Å². The summed E-state index contributed by atoms with van der Waals surface area (Å²) >= 11 is 3.31. The molecule has 1 aromatic rings. The lowest BCUT2D eigenvalue weighted by molar-refractivity contribution is 0.703. The lowest BCUT2D eigenvalue weighted by Gasteiger charge is -2.06. The molecule has 0 amide bonds. The van der Waals surface area contributed by atoms with Gasteiger partial charge in [0.15, 0.2) is 0 Å². The third-order valence-electron chi connectivity index (χ3n) is 1.77. The van der Waals surface area contributed by atoms with E-state index in [1.807, 2.05) is 6.07 Å². The Bertz CT molecular complexity index is 237. The number of hydrogen-bond acceptors (Lipinski definition) is 2. The largest absolute Gasteiger partial charge is 0.241 e. The zero-order chi connectivity index (χ0) is 8.27. The molecule has 0 aliphatic carbocycles. The first-order valence-corrected chi connectivity index (χ1v) is 4.50. The molecule has 11 heavy (non-hydrogen) atoms. The number of nitrogens with zero attached hydrogens (tertiary/aromatic N) is 2. The van der Waals surface area contributed by atoms with E-state index in [0.717, 1.165) is 16.7 Å². The molecule has 2 nitrogen and oxygen atoms in total. The molecular weight excluding hydrogens is 204 g/mol. The van der Waals surface area contributed by atoms with E-state index in [2.05, 4.69) is 39.7 Å². The lowest BCUT2D eigenvalue weighted by Crippen LogP contribution is -1.95. The van der Waals surface area contributed by atoms with Gasteiger partial charge in [0.25, 0.3) is 0 Å². The SMILES string of the molecule is CC[C@@H](C)c1cc(Br)ncn1. The van der Waals surface area contributed by atoms with Gasteiger partial charge in [0, 0.05) is 5.69 Å². The minimum atomic E-state index is 0.522. The third-order valence-corrected chi connectivity index (χ3v) is 2.21. The zero-order valence-electron chi connectivity index (χ0n) is 6.71. The molecule has 0 bridgehead atoms. The summed E-state index contributed by atoms with van der Waals surface area (Å²) in [6, 6.07) is 1.97. The molecule has 0 aliphatic heterocycles. The van der Waals surface area contributed by atoms with Crippen LogP contribution in [0.4, 0.5) is 0 Å². The average Bonchev–Trinajstić information content (AvgIpc) is 2.03. The van der Waals surface area contributed by atoms with Crippen molar-refractivity contribution in [2.24, 2.45) is 0 Å². The van der Waals surface area contributed by atoms with Crippen LogP contribution in [0.15, 0.2) is 17.0 Å². The van der Waals surface area contributed by atoms with E-state index >= 15 is 0 Å². The van der Waals surface area contributed by atoms with Gasteiger partial charge in [-0.05, 0) is 34.3 Å². The van der Waals surface area contributed by atoms with Crippen molar-refractivity contribution in [3.8, 4) is 0 Å². The molecule has 60 valence electrons. The second-order valence-electron chi connectivity index (χ2n) is 2.57. The predicted molar refractivity (Wildman–Crippen MR) is 48.4 cm³/mol. The van der Waals surface area contributed by atoms with Crippen LogP contribution in [0.25, 0.3) is 0 Å². The van der Waals surface area contributed by atoms with Crippen molar-refractivity contribution >= 4 is 15.9 Å². The molecule has 1 rings (SSSR count). The van der Waals surface area contributed by atoms with Crippen LogP contribution in [-0.4, -0.2) is 9.97 Å². The Hall–Kier alpha value is -0.440. The summed E-state index contributed by atoms with van der Waals surface area (Å²) in [5.74, 6) is 0.522. The maximum absolute atomic E-state index is 4.17. The van der Waals surface area contributed by atoms with Crippen LogP contribution < -0.4 is 0 Å². The highest BCUT2D eigenvalue weighted by Gasteiger charge is 2.03. The molecule has 3 heteroatoms. The van der Waals surface area contributed by atoms with E-state index in [1.54, 1.807) is 6.33 Å². The van der Waals surface area contributed by atoms with E-state index < -0.39 is 0 Å². The summed E-state index contributed by atoms with van der Waals surface area (Å²) in [6.07, 6.45) is 2.70. The van der Waals surface area contributed by atoms with Gasteiger partial charge >= 0.3 is 0 Å². The highest BCUT2D eigenvalue weighted by Crippen LogP contribution is 2.17. The molecule has 0 saturated carbocycles. The Morgan fingerprint density at radius 2 is 2.27 bits per heavy atom. The van der Waals surface area contributed by atoms with E-state index in [1.165, 1.54) is 0 Å². The average molecular weight is 215 g/mol. The van der Waals surface area contributed by atoms with Crippen LogP contribution in [0.5, 0.6) is 0 Å². The number of aromatic nitrogens is 2.